The van der Waals surface area contributed by atoms with Crippen molar-refractivity contribution >= 4 is 29.2 Å². The summed E-state index contributed by atoms with van der Waals surface area (Å²) in [5, 5.41) is 7.99. The van der Waals surface area contributed by atoms with Crippen LogP contribution >= 0.6 is 11.8 Å². The zero-order valence-corrected chi connectivity index (χ0v) is 9.32. The molecule has 0 unspecified atom stereocenters. The van der Waals surface area contributed by atoms with Gasteiger partial charge in [0.25, 0.3) is 0 Å². The average molecular weight is 219 g/mol. The predicted octanol–water partition coefficient (Wildman–Crippen LogP) is 2.36. The molecular formula is C11H13N3S. The molecule has 0 bridgehead atoms. The second kappa shape index (κ2) is 6.84. The van der Waals surface area contributed by atoms with E-state index in [1.165, 1.54) is 11.8 Å². The van der Waals surface area contributed by atoms with Crippen LogP contribution in [0.25, 0.3) is 6.08 Å². The van der Waals surface area contributed by atoms with Crippen molar-refractivity contribution < 1.29 is 0 Å². The van der Waals surface area contributed by atoms with Crippen LogP contribution in [-0.2, 0) is 0 Å². The fourth-order valence-electron chi connectivity index (χ4n) is 0.888. The largest absolute Gasteiger partial charge is 0.377 e. The Labute approximate surface area is 93.8 Å². The normalized spacial score (nSPS) is 12.7. The van der Waals surface area contributed by atoms with Crippen LogP contribution in [0.1, 0.15) is 5.56 Å². The van der Waals surface area contributed by atoms with Crippen LogP contribution < -0.4 is 5.73 Å². The van der Waals surface area contributed by atoms with E-state index in [1.54, 1.807) is 6.21 Å². The van der Waals surface area contributed by atoms with Gasteiger partial charge in [0.1, 0.15) is 0 Å². The monoisotopic (exact) mass is 219 g/mol. The molecule has 0 aromatic heterocycles. The topological polar surface area (TPSA) is 50.7 Å². The zero-order valence-electron chi connectivity index (χ0n) is 8.50. The third-order valence-corrected chi connectivity index (χ3v) is 2.11. The quantitative estimate of drug-likeness (QED) is 0.482. The van der Waals surface area contributed by atoms with Gasteiger partial charge >= 0.3 is 0 Å². The second-order valence-electron chi connectivity index (χ2n) is 2.68. The third-order valence-electron chi connectivity index (χ3n) is 1.61. The molecule has 2 N–H and O–H groups in total. The van der Waals surface area contributed by atoms with Gasteiger partial charge in [0, 0.05) is 6.21 Å². The van der Waals surface area contributed by atoms with E-state index in [2.05, 4.69) is 10.2 Å². The van der Waals surface area contributed by atoms with Crippen molar-refractivity contribution in [2.45, 2.75) is 0 Å². The molecule has 1 aromatic carbocycles. The molecule has 1 aromatic rings. The van der Waals surface area contributed by atoms with Crippen LogP contribution in [0.2, 0.25) is 0 Å². The maximum atomic E-state index is 5.44. The molecule has 3 nitrogen and oxygen atoms in total. The molecule has 0 aliphatic heterocycles. The van der Waals surface area contributed by atoms with Gasteiger partial charge in [0.2, 0.25) is 0 Å². The highest BCUT2D eigenvalue weighted by Gasteiger charge is 1.82. The summed E-state index contributed by atoms with van der Waals surface area (Å²) in [5.41, 5.74) is 6.57. The number of nitrogens with zero attached hydrogens (tertiary/aromatic N) is 2. The van der Waals surface area contributed by atoms with E-state index in [0.717, 1.165) is 5.56 Å². The van der Waals surface area contributed by atoms with Crippen molar-refractivity contribution in [2.24, 2.45) is 15.9 Å². The summed E-state index contributed by atoms with van der Waals surface area (Å²) in [5.74, 6) is 0. The Bertz CT molecular complexity index is 369. The number of rotatable bonds is 3. The fourth-order valence-corrected chi connectivity index (χ4v) is 1.02. The van der Waals surface area contributed by atoms with Gasteiger partial charge < -0.3 is 5.73 Å². The van der Waals surface area contributed by atoms with Gasteiger partial charge in [-0.05, 0) is 17.9 Å². The van der Waals surface area contributed by atoms with E-state index in [-0.39, 0.29) is 0 Å². The molecular weight excluding hydrogens is 206 g/mol. The number of hydrogen-bond donors (Lipinski definition) is 1. The molecule has 0 aliphatic rings. The van der Waals surface area contributed by atoms with Gasteiger partial charge in [-0.15, -0.1) is 5.10 Å². The predicted molar refractivity (Wildman–Crippen MR) is 69.1 cm³/mol. The number of nitrogens with two attached hydrogens (primary N) is 1. The number of thioether (sulfide) groups is 1. The molecule has 0 saturated heterocycles. The molecule has 0 radical (unpaired) electrons. The minimum atomic E-state index is 0.458. The van der Waals surface area contributed by atoms with Gasteiger partial charge in [0.15, 0.2) is 5.17 Å². The lowest BCUT2D eigenvalue weighted by Crippen LogP contribution is -2.03. The molecule has 0 saturated carbocycles. The Hall–Kier alpha value is -1.55. The summed E-state index contributed by atoms with van der Waals surface area (Å²) in [4.78, 5) is 0. The van der Waals surface area contributed by atoms with Crippen molar-refractivity contribution in [1.82, 2.24) is 0 Å². The number of amidine groups is 1. The highest BCUT2D eigenvalue weighted by molar-refractivity contribution is 8.13. The van der Waals surface area contributed by atoms with Crippen LogP contribution in [0.3, 0.4) is 0 Å². The van der Waals surface area contributed by atoms with Crippen molar-refractivity contribution in [3.05, 3.63) is 42.0 Å². The first-order valence-electron chi connectivity index (χ1n) is 4.45. The Morgan fingerprint density at radius 2 is 2.07 bits per heavy atom. The Morgan fingerprint density at radius 3 is 2.73 bits per heavy atom. The van der Waals surface area contributed by atoms with E-state index in [0.29, 0.717) is 5.17 Å². The molecule has 0 spiro atoms. The number of allylic oxidation sites excluding steroid dienone is 1. The van der Waals surface area contributed by atoms with Crippen LogP contribution in [-0.4, -0.2) is 17.6 Å². The fraction of sp³-hybridized carbons (Fsp3) is 0.0909. The minimum Gasteiger partial charge on any atom is -0.377 e. The van der Waals surface area contributed by atoms with Crippen molar-refractivity contribution in [3.63, 3.8) is 0 Å². The Balaban J connectivity index is 2.47. The summed E-state index contributed by atoms with van der Waals surface area (Å²) < 4.78 is 0. The summed E-state index contributed by atoms with van der Waals surface area (Å²) >= 11 is 1.37. The Kier molecular flexibility index (Phi) is 5.25. The Morgan fingerprint density at radius 1 is 1.33 bits per heavy atom. The van der Waals surface area contributed by atoms with Crippen LogP contribution in [0, 0.1) is 0 Å². The SMILES string of the molecule is CS\C(N)=N/N=C\C=C\c1ccccc1. The maximum Gasteiger partial charge on any atom is 0.180 e. The van der Waals surface area contributed by atoms with Gasteiger partial charge in [-0.2, -0.15) is 5.10 Å². The van der Waals surface area contributed by atoms with Crippen LogP contribution in [0.15, 0.2) is 46.6 Å². The van der Waals surface area contributed by atoms with E-state index >= 15 is 0 Å². The van der Waals surface area contributed by atoms with E-state index in [1.807, 2.05) is 48.7 Å². The van der Waals surface area contributed by atoms with Gasteiger partial charge in [-0.25, -0.2) is 0 Å². The molecule has 0 fully saturated rings. The molecule has 1 rings (SSSR count). The van der Waals surface area contributed by atoms with Crippen LogP contribution in [0.5, 0.6) is 0 Å². The lowest BCUT2D eigenvalue weighted by molar-refractivity contribution is 1.25. The highest BCUT2D eigenvalue weighted by Crippen LogP contribution is 1.99. The first-order valence-corrected chi connectivity index (χ1v) is 5.67. The van der Waals surface area contributed by atoms with Crippen molar-refractivity contribution in [2.75, 3.05) is 6.26 Å². The molecule has 0 amide bonds. The smallest absolute Gasteiger partial charge is 0.180 e. The van der Waals surface area contributed by atoms with Crippen molar-refractivity contribution in [3.8, 4) is 0 Å². The van der Waals surface area contributed by atoms with Crippen LogP contribution in [0.4, 0.5) is 0 Å². The summed E-state index contributed by atoms with van der Waals surface area (Å²) in [7, 11) is 0. The number of hydrogen-bond acceptors (Lipinski definition) is 3. The average Bonchev–Trinajstić information content (AvgIpc) is 2.29. The first-order chi connectivity index (χ1) is 7.33. The third kappa shape index (κ3) is 5.02. The lowest BCUT2D eigenvalue weighted by atomic mass is 10.2. The molecule has 0 heterocycles. The molecule has 0 atom stereocenters. The molecule has 78 valence electrons. The van der Waals surface area contributed by atoms with Gasteiger partial charge in [-0.1, -0.05) is 48.2 Å². The lowest BCUT2D eigenvalue weighted by Gasteiger charge is -1.88. The van der Waals surface area contributed by atoms with E-state index in [9.17, 15) is 0 Å². The standard InChI is InChI=1S/C11H13N3S/c1-15-11(12)14-13-9-5-8-10-6-3-2-4-7-10/h2-9H,1H3,(H2,12,14)/b8-5+,13-9-. The van der Waals surface area contributed by atoms with E-state index < -0.39 is 0 Å². The summed E-state index contributed by atoms with van der Waals surface area (Å²) in [6.07, 6.45) is 7.24. The molecule has 15 heavy (non-hydrogen) atoms. The van der Waals surface area contributed by atoms with Crippen molar-refractivity contribution in [1.29, 1.82) is 0 Å². The molecule has 0 aliphatic carbocycles. The van der Waals surface area contributed by atoms with Gasteiger partial charge in [-0.3, -0.25) is 0 Å². The zero-order chi connectivity index (χ0) is 10.9. The van der Waals surface area contributed by atoms with E-state index in [4.69, 9.17) is 5.73 Å². The minimum absolute atomic E-state index is 0.458. The summed E-state index contributed by atoms with van der Waals surface area (Å²) in [6, 6.07) is 9.99. The highest BCUT2D eigenvalue weighted by atomic mass is 32.2. The first kappa shape index (κ1) is 11.5. The maximum absolute atomic E-state index is 5.44. The second-order valence-corrected chi connectivity index (χ2v) is 3.50. The van der Waals surface area contributed by atoms with Gasteiger partial charge in [0.05, 0.1) is 0 Å². The summed E-state index contributed by atoms with van der Waals surface area (Å²) in [6.45, 7) is 0. The molecule has 4 heteroatoms. The number of benzene rings is 1.